The van der Waals surface area contributed by atoms with Gasteiger partial charge in [0.2, 0.25) is 0 Å². The lowest BCUT2D eigenvalue weighted by Gasteiger charge is -2.35. The van der Waals surface area contributed by atoms with Gasteiger partial charge in [0, 0.05) is 26.8 Å². The van der Waals surface area contributed by atoms with Crippen molar-refractivity contribution in [3.8, 4) is 0 Å². The zero-order valence-electron chi connectivity index (χ0n) is 13.1. The van der Waals surface area contributed by atoms with E-state index in [1.807, 2.05) is 0 Å². The van der Waals surface area contributed by atoms with Crippen LogP contribution in [0.3, 0.4) is 0 Å². The monoisotopic (exact) mass is 276 g/mol. The van der Waals surface area contributed by atoms with Crippen molar-refractivity contribution in [1.82, 2.24) is 10.2 Å². The van der Waals surface area contributed by atoms with Gasteiger partial charge >= 0.3 is 0 Å². The number of benzene rings is 1. The summed E-state index contributed by atoms with van der Waals surface area (Å²) in [5.74, 6) is 0.582. The van der Waals surface area contributed by atoms with Crippen molar-refractivity contribution in [3.63, 3.8) is 0 Å². The van der Waals surface area contributed by atoms with Gasteiger partial charge in [-0.05, 0) is 37.9 Å². The Morgan fingerprint density at radius 2 is 2.10 bits per heavy atom. The van der Waals surface area contributed by atoms with Gasteiger partial charge in [0.25, 0.3) is 0 Å². The van der Waals surface area contributed by atoms with Crippen LogP contribution in [0, 0.1) is 5.92 Å². The Bertz CT molecular complexity index is 395. The van der Waals surface area contributed by atoms with Crippen LogP contribution >= 0.6 is 0 Å². The molecule has 1 fully saturated rings. The van der Waals surface area contributed by atoms with Crippen LogP contribution in [-0.4, -0.2) is 44.8 Å². The molecule has 3 heteroatoms. The second kappa shape index (κ2) is 7.21. The Kier molecular flexibility index (Phi) is 5.58. The number of nitrogens with one attached hydrogen (secondary N) is 1. The van der Waals surface area contributed by atoms with Crippen LogP contribution < -0.4 is 5.32 Å². The third kappa shape index (κ3) is 4.05. The second-order valence-electron chi connectivity index (χ2n) is 6.27. The first-order chi connectivity index (χ1) is 9.64. The number of hydrogen-bond donors (Lipinski definition) is 1. The predicted molar refractivity (Wildman–Crippen MR) is 83.9 cm³/mol. The Labute approximate surface area is 123 Å². The molecule has 1 aliphatic heterocycles. The lowest BCUT2D eigenvalue weighted by molar-refractivity contribution is 0.121. The first kappa shape index (κ1) is 15.5. The van der Waals surface area contributed by atoms with Gasteiger partial charge in [-0.1, -0.05) is 37.3 Å². The molecule has 1 aromatic rings. The van der Waals surface area contributed by atoms with Gasteiger partial charge in [-0.3, -0.25) is 0 Å². The fourth-order valence-corrected chi connectivity index (χ4v) is 3.18. The molecule has 1 aromatic carbocycles. The average molecular weight is 276 g/mol. The second-order valence-corrected chi connectivity index (χ2v) is 6.27. The van der Waals surface area contributed by atoms with Gasteiger partial charge in [0.1, 0.15) is 0 Å². The van der Waals surface area contributed by atoms with E-state index in [4.69, 9.17) is 4.74 Å². The Morgan fingerprint density at radius 3 is 2.80 bits per heavy atom. The molecular weight excluding hydrogens is 248 g/mol. The molecular formula is C17H28N2O. The van der Waals surface area contributed by atoms with Gasteiger partial charge in [0.05, 0.1) is 5.54 Å². The zero-order chi connectivity index (χ0) is 14.4. The van der Waals surface area contributed by atoms with Crippen LogP contribution in [0.2, 0.25) is 0 Å². The summed E-state index contributed by atoms with van der Waals surface area (Å²) in [7, 11) is 1.79. The Balaban J connectivity index is 2.06. The van der Waals surface area contributed by atoms with Gasteiger partial charge in [-0.2, -0.15) is 0 Å². The third-order valence-electron chi connectivity index (χ3n) is 4.14. The fraction of sp³-hybridized carbons (Fsp3) is 0.647. The molecule has 20 heavy (non-hydrogen) atoms. The van der Waals surface area contributed by atoms with Crippen molar-refractivity contribution < 1.29 is 4.74 Å². The topological polar surface area (TPSA) is 24.5 Å². The minimum absolute atomic E-state index is 0.0462. The average Bonchev–Trinajstić information content (AvgIpc) is 2.63. The number of ether oxygens (including phenoxy) is 1. The first-order valence-corrected chi connectivity index (χ1v) is 7.66. The highest BCUT2D eigenvalue weighted by Crippen LogP contribution is 2.24. The van der Waals surface area contributed by atoms with Crippen LogP contribution in [0.25, 0.3) is 0 Å². The Morgan fingerprint density at radius 1 is 1.35 bits per heavy atom. The summed E-state index contributed by atoms with van der Waals surface area (Å²) in [4.78, 5) is 2.58. The van der Waals surface area contributed by atoms with Gasteiger partial charge in [-0.25, -0.2) is 0 Å². The fourth-order valence-electron chi connectivity index (χ4n) is 3.18. The quantitative estimate of drug-likeness (QED) is 0.894. The van der Waals surface area contributed by atoms with Gasteiger partial charge in [-0.15, -0.1) is 0 Å². The molecule has 112 valence electrons. The van der Waals surface area contributed by atoms with E-state index in [0.29, 0.717) is 5.92 Å². The van der Waals surface area contributed by atoms with Gasteiger partial charge < -0.3 is 15.0 Å². The minimum Gasteiger partial charge on any atom is -0.384 e. The van der Waals surface area contributed by atoms with E-state index in [-0.39, 0.29) is 5.54 Å². The maximum absolute atomic E-state index is 5.27. The number of methoxy groups -OCH3 is 1. The summed E-state index contributed by atoms with van der Waals surface area (Å²) in [6, 6.07) is 10.8. The molecule has 0 bridgehead atoms. The van der Waals surface area contributed by atoms with Crippen molar-refractivity contribution in [3.05, 3.63) is 35.9 Å². The van der Waals surface area contributed by atoms with Crippen LogP contribution in [0.15, 0.2) is 30.3 Å². The van der Waals surface area contributed by atoms with E-state index in [9.17, 15) is 0 Å². The van der Waals surface area contributed by atoms with E-state index >= 15 is 0 Å². The standard InChI is InChI=1S/C17H28N2O/c1-15(13-20-3)12-19-11-7-10-18-17(2,14-19)16-8-5-4-6-9-16/h4-6,8-9,15,18H,7,10-14H2,1-3H3. The molecule has 0 saturated carbocycles. The van der Waals surface area contributed by atoms with Crippen molar-refractivity contribution >= 4 is 0 Å². The normalized spacial score (nSPS) is 26.1. The highest BCUT2D eigenvalue weighted by molar-refractivity contribution is 5.24. The van der Waals surface area contributed by atoms with Crippen LogP contribution in [-0.2, 0) is 10.3 Å². The smallest absolute Gasteiger partial charge is 0.0534 e. The number of nitrogens with zero attached hydrogens (tertiary/aromatic N) is 1. The SMILES string of the molecule is COCC(C)CN1CCCNC(C)(c2ccccc2)C1. The van der Waals surface area contributed by atoms with Crippen LogP contribution in [0.4, 0.5) is 0 Å². The van der Waals surface area contributed by atoms with E-state index in [2.05, 4.69) is 54.4 Å². The highest BCUT2D eigenvalue weighted by atomic mass is 16.5. The molecule has 1 saturated heterocycles. The molecule has 2 rings (SSSR count). The minimum atomic E-state index is 0.0462. The Hall–Kier alpha value is -0.900. The van der Waals surface area contributed by atoms with E-state index < -0.39 is 0 Å². The maximum atomic E-state index is 5.27. The molecule has 1 aliphatic rings. The molecule has 0 spiro atoms. The highest BCUT2D eigenvalue weighted by Gasteiger charge is 2.30. The van der Waals surface area contributed by atoms with Crippen molar-refractivity contribution in [2.24, 2.45) is 5.92 Å². The van der Waals surface area contributed by atoms with E-state index in [1.165, 1.54) is 18.5 Å². The molecule has 1 N–H and O–H groups in total. The molecule has 2 atom stereocenters. The lowest BCUT2D eigenvalue weighted by Crippen LogP contribution is -2.47. The summed E-state index contributed by atoms with van der Waals surface area (Å²) in [5.41, 5.74) is 1.43. The van der Waals surface area contributed by atoms with E-state index in [1.54, 1.807) is 7.11 Å². The van der Waals surface area contributed by atoms with Crippen LogP contribution in [0.1, 0.15) is 25.8 Å². The van der Waals surface area contributed by atoms with Crippen molar-refractivity contribution in [1.29, 1.82) is 0 Å². The molecule has 0 amide bonds. The summed E-state index contributed by atoms with van der Waals surface area (Å²) in [6.45, 7) is 9.85. The van der Waals surface area contributed by atoms with Gasteiger partial charge in [0.15, 0.2) is 0 Å². The summed E-state index contributed by atoms with van der Waals surface area (Å²) < 4.78 is 5.27. The molecule has 1 heterocycles. The third-order valence-corrected chi connectivity index (χ3v) is 4.14. The predicted octanol–water partition coefficient (Wildman–Crippen LogP) is 2.48. The molecule has 0 radical (unpaired) electrons. The molecule has 2 unspecified atom stereocenters. The van der Waals surface area contributed by atoms with Crippen molar-refractivity contribution in [2.75, 3.05) is 39.9 Å². The van der Waals surface area contributed by atoms with Crippen molar-refractivity contribution in [2.45, 2.75) is 25.8 Å². The number of rotatable bonds is 5. The van der Waals surface area contributed by atoms with E-state index in [0.717, 1.165) is 26.2 Å². The van der Waals surface area contributed by atoms with Crippen LogP contribution in [0.5, 0.6) is 0 Å². The molecule has 0 aliphatic carbocycles. The lowest BCUT2D eigenvalue weighted by atomic mass is 9.91. The molecule has 3 nitrogen and oxygen atoms in total. The summed E-state index contributed by atoms with van der Waals surface area (Å²) >= 11 is 0. The summed E-state index contributed by atoms with van der Waals surface area (Å²) in [6.07, 6.45) is 1.21. The maximum Gasteiger partial charge on any atom is 0.0534 e. The zero-order valence-corrected chi connectivity index (χ0v) is 13.1. The largest absolute Gasteiger partial charge is 0.384 e. The summed E-state index contributed by atoms with van der Waals surface area (Å²) in [5, 5.41) is 3.74. The molecule has 0 aromatic heterocycles. The first-order valence-electron chi connectivity index (χ1n) is 7.66. The number of hydrogen-bond acceptors (Lipinski definition) is 3.